The summed E-state index contributed by atoms with van der Waals surface area (Å²) in [5.74, 6) is 0.818. The lowest BCUT2D eigenvalue weighted by atomic mass is 10.0. The average Bonchev–Trinajstić information content (AvgIpc) is 2.63. The molecule has 0 saturated carbocycles. The number of piperazine rings is 1. The lowest BCUT2D eigenvalue weighted by Gasteiger charge is -2.36. The van der Waals surface area contributed by atoms with Crippen molar-refractivity contribution in [2.24, 2.45) is 5.92 Å². The van der Waals surface area contributed by atoms with Crippen LogP contribution >= 0.6 is 11.6 Å². The Balaban J connectivity index is 2.05. The van der Waals surface area contributed by atoms with Gasteiger partial charge in [-0.1, -0.05) is 25.4 Å². The average molecular weight is 367 g/mol. The monoisotopic (exact) mass is 366 g/mol. The van der Waals surface area contributed by atoms with Crippen molar-refractivity contribution in [2.75, 3.05) is 33.3 Å². The maximum absolute atomic E-state index is 12.8. The minimum Gasteiger partial charge on any atom is -0.495 e. The highest BCUT2D eigenvalue weighted by Gasteiger charge is 2.28. The molecule has 1 fully saturated rings. The summed E-state index contributed by atoms with van der Waals surface area (Å²) in [6, 6.07) is 3.45. The van der Waals surface area contributed by atoms with E-state index in [1.807, 2.05) is 25.7 Å². The van der Waals surface area contributed by atoms with E-state index in [0.717, 1.165) is 18.4 Å². The van der Waals surface area contributed by atoms with E-state index < -0.39 is 0 Å². The summed E-state index contributed by atoms with van der Waals surface area (Å²) >= 11 is 6.17. The fourth-order valence-corrected chi connectivity index (χ4v) is 3.48. The van der Waals surface area contributed by atoms with Gasteiger partial charge in [-0.3, -0.25) is 9.59 Å². The highest BCUT2D eigenvalue weighted by atomic mass is 35.5. The number of carbonyl (C=O) groups excluding carboxylic acids is 2. The number of hydrogen-bond donors (Lipinski definition) is 0. The molecule has 25 heavy (non-hydrogen) atoms. The number of halogens is 1. The van der Waals surface area contributed by atoms with E-state index in [0.29, 0.717) is 42.5 Å². The summed E-state index contributed by atoms with van der Waals surface area (Å²) in [6.07, 6.45) is 1.72. The fourth-order valence-electron chi connectivity index (χ4n) is 3.24. The van der Waals surface area contributed by atoms with Gasteiger partial charge >= 0.3 is 0 Å². The normalized spacial score (nSPS) is 14.8. The Labute approximate surface area is 154 Å². The van der Waals surface area contributed by atoms with Crippen molar-refractivity contribution < 1.29 is 14.3 Å². The van der Waals surface area contributed by atoms with Gasteiger partial charge in [0, 0.05) is 37.7 Å². The summed E-state index contributed by atoms with van der Waals surface area (Å²) < 4.78 is 5.19. The maximum atomic E-state index is 12.8. The van der Waals surface area contributed by atoms with Crippen LogP contribution in [0.5, 0.6) is 5.75 Å². The summed E-state index contributed by atoms with van der Waals surface area (Å²) in [5, 5.41) is 0.430. The molecule has 1 aromatic carbocycles. The Morgan fingerprint density at radius 3 is 2.20 bits per heavy atom. The van der Waals surface area contributed by atoms with Crippen molar-refractivity contribution in [1.29, 1.82) is 0 Å². The highest BCUT2D eigenvalue weighted by molar-refractivity contribution is 6.32. The summed E-state index contributed by atoms with van der Waals surface area (Å²) in [5.41, 5.74) is 1.42. The van der Waals surface area contributed by atoms with E-state index in [1.165, 1.54) is 0 Å². The van der Waals surface area contributed by atoms with Gasteiger partial charge in [0.25, 0.3) is 5.91 Å². The molecular weight excluding hydrogens is 340 g/mol. The molecule has 0 aromatic heterocycles. The van der Waals surface area contributed by atoms with Gasteiger partial charge < -0.3 is 14.5 Å². The Morgan fingerprint density at radius 2 is 1.68 bits per heavy atom. The molecule has 1 aliphatic heterocycles. The van der Waals surface area contributed by atoms with Crippen LogP contribution in [0.3, 0.4) is 0 Å². The third-order valence-electron chi connectivity index (χ3n) is 4.94. The van der Waals surface area contributed by atoms with Gasteiger partial charge in [0.2, 0.25) is 5.91 Å². The van der Waals surface area contributed by atoms with Gasteiger partial charge in [-0.15, -0.1) is 0 Å². The highest BCUT2D eigenvalue weighted by Crippen LogP contribution is 2.28. The smallest absolute Gasteiger partial charge is 0.254 e. The third kappa shape index (κ3) is 4.27. The van der Waals surface area contributed by atoms with Crippen LogP contribution in [0.2, 0.25) is 5.02 Å². The molecule has 138 valence electrons. The van der Waals surface area contributed by atoms with Crippen molar-refractivity contribution in [3.8, 4) is 5.75 Å². The zero-order valence-corrected chi connectivity index (χ0v) is 16.2. The zero-order chi connectivity index (χ0) is 18.6. The molecule has 0 aliphatic carbocycles. The lowest BCUT2D eigenvalue weighted by Crippen LogP contribution is -2.52. The van der Waals surface area contributed by atoms with Crippen LogP contribution in [0.1, 0.15) is 42.6 Å². The molecule has 0 bridgehead atoms. The van der Waals surface area contributed by atoms with Crippen molar-refractivity contribution in [3.63, 3.8) is 0 Å². The number of nitrogens with zero attached hydrogens (tertiary/aromatic N) is 2. The second kappa shape index (κ2) is 8.56. The molecule has 2 rings (SSSR count). The van der Waals surface area contributed by atoms with Crippen LogP contribution in [0.15, 0.2) is 12.1 Å². The van der Waals surface area contributed by atoms with E-state index in [9.17, 15) is 9.59 Å². The minimum absolute atomic E-state index is 0.0447. The van der Waals surface area contributed by atoms with E-state index in [-0.39, 0.29) is 17.7 Å². The van der Waals surface area contributed by atoms with Crippen LogP contribution < -0.4 is 4.74 Å². The van der Waals surface area contributed by atoms with Crippen molar-refractivity contribution in [2.45, 2.75) is 33.6 Å². The van der Waals surface area contributed by atoms with Gasteiger partial charge in [-0.2, -0.15) is 0 Å². The predicted molar refractivity (Wildman–Crippen MR) is 99.3 cm³/mol. The van der Waals surface area contributed by atoms with Crippen LogP contribution in [-0.4, -0.2) is 54.9 Å². The quantitative estimate of drug-likeness (QED) is 0.802. The summed E-state index contributed by atoms with van der Waals surface area (Å²) in [7, 11) is 1.55. The Hall–Kier alpha value is -1.75. The van der Waals surface area contributed by atoms with E-state index in [2.05, 4.69) is 0 Å². The largest absolute Gasteiger partial charge is 0.495 e. The fraction of sp³-hybridized carbons (Fsp3) is 0.579. The number of ether oxygens (including phenoxy) is 1. The second-order valence-corrected chi connectivity index (χ2v) is 6.84. The minimum atomic E-state index is -0.0447. The molecule has 1 aliphatic rings. The van der Waals surface area contributed by atoms with Crippen LogP contribution in [-0.2, 0) is 4.79 Å². The molecule has 0 unspecified atom stereocenters. The van der Waals surface area contributed by atoms with Crippen LogP contribution in [0, 0.1) is 12.8 Å². The molecule has 2 amide bonds. The molecule has 1 aromatic rings. The number of benzene rings is 1. The molecule has 0 atom stereocenters. The number of carbonyl (C=O) groups is 2. The molecule has 1 heterocycles. The van der Waals surface area contributed by atoms with Crippen LogP contribution in [0.4, 0.5) is 0 Å². The van der Waals surface area contributed by atoms with Gasteiger partial charge in [-0.25, -0.2) is 0 Å². The molecule has 1 saturated heterocycles. The Morgan fingerprint density at radius 1 is 1.12 bits per heavy atom. The standard InChI is InChI=1S/C19H27ClN2O3/c1-5-14(6-2)18(23)21-7-9-22(10-8-21)19(24)15-12-16(20)17(25-4)11-13(15)3/h11-12,14H,5-10H2,1-4H3. The van der Waals surface area contributed by atoms with Crippen molar-refractivity contribution in [3.05, 3.63) is 28.3 Å². The van der Waals surface area contributed by atoms with Crippen LogP contribution in [0.25, 0.3) is 0 Å². The van der Waals surface area contributed by atoms with E-state index in [1.54, 1.807) is 24.1 Å². The first kappa shape index (κ1) is 19.6. The van der Waals surface area contributed by atoms with Crippen molar-refractivity contribution in [1.82, 2.24) is 9.80 Å². The SMILES string of the molecule is CCC(CC)C(=O)N1CCN(C(=O)c2cc(Cl)c(OC)cc2C)CC1. The summed E-state index contributed by atoms with van der Waals surface area (Å²) in [6.45, 7) is 8.23. The molecule has 0 radical (unpaired) electrons. The number of hydrogen-bond acceptors (Lipinski definition) is 3. The zero-order valence-electron chi connectivity index (χ0n) is 15.5. The molecule has 0 spiro atoms. The third-order valence-corrected chi connectivity index (χ3v) is 5.24. The first-order valence-electron chi connectivity index (χ1n) is 8.85. The second-order valence-electron chi connectivity index (χ2n) is 6.43. The maximum Gasteiger partial charge on any atom is 0.254 e. The molecular formula is C19H27ClN2O3. The van der Waals surface area contributed by atoms with Crippen molar-refractivity contribution >= 4 is 23.4 Å². The lowest BCUT2D eigenvalue weighted by molar-refractivity contribution is -0.137. The number of aryl methyl sites for hydroxylation is 1. The molecule has 5 nitrogen and oxygen atoms in total. The predicted octanol–water partition coefficient (Wildman–Crippen LogP) is 3.38. The first-order valence-corrected chi connectivity index (χ1v) is 9.22. The number of amides is 2. The van der Waals surface area contributed by atoms with Gasteiger partial charge in [0.1, 0.15) is 5.75 Å². The van der Waals surface area contributed by atoms with Gasteiger partial charge in [-0.05, 0) is 37.5 Å². The Bertz CT molecular complexity index is 636. The van der Waals surface area contributed by atoms with Gasteiger partial charge in [0.05, 0.1) is 12.1 Å². The van der Waals surface area contributed by atoms with E-state index >= 15 is 0 Å². The molecule has 0 N–H and O–H groups in total. The van der Waals surface area contributed by atoms with E-state index in [4.69, 9.17) is 16.3 Å². The summed E-state index contributed by atoms with van der Waals surface area (Å²) in [4.78, 5) is 29.0. The Kier molecular flexibility index (Phi) is 6.71. The topological polar surface area (TPSA) is 49.9 Å². The number of methoxy groups -OCH3 is 1. The van der Waals surface area contributed by atoms with Gasteiger partial charge in [0.15, 0.2) is 0 Å². The molecule has 6 heteroatoms. The first-order chi connectivity index (χ1) is 11.9. The number of rotatable bonds is 5.